The lowest BCUT2D eigenvalue weighted by molar-refractivity contribution is 0.0676. The number of nitrogens with one attached hydrogen (secondary N) is 1. The maximum Gasteiger partial charge on any atom is 0.274 e. The van der Waals surface area contributed by atoms with Crippen molar-refractivity contribution in [3.8, 4) is 0 Å². The summed E-state index contributed by atoms with van der Waals surface area (Å²) in [5, 5.41) is 3.11. The third-order valence-corrected chi connectivity index (χ3v) is 4.47. The largest absolute Gasteiger partial charge is 0.368 e. The maximum absolute atomic E-state index is 13.6. The molecule has 0 saturated carbocycles. The number of hydrogen-bond donors (Lipinski definition) is 1. The highest BCUT2D eigenvalue weighted by Gasteiger charge is 2.23. The summed E-state index contributed by atoms with van der Waals surface area (Å²) in [6.45, 7) is 4.27. The molecule has 132 valence electrons. The predicted octanol–water partition coefficient (Wildman–Crippen LogP) is 3.14. The van der Waals surface area contributed by atoms with Crippen molar-refractivity contribution < 1.29 is 9.18 Å². The summed E-state index contributed by atoms with van der Waals surface area (Å²) in [4.78, 5) is 22.8. The van der Waals surface area contributed by atoms with Crippen molar-refractivity contribution in [1.82, 2.24) is 14.9 Å². The standard InChI is InChI=1S/C19H23FN4O/c1-14-5-4-10-24(13-14)19(25)17-11-23-18(12-22-17)21-9-8-15-6-2-3-7-16(15)20/h2-3,6-7,11-12,14H,4-5,8-10,13H2,1H3,(H,21,23). The SMILES string of the molecule is CC1CCCN(C(=O)c2cnc(NCCc3ccccc3F)cn2)C1. The van der Waals surface area contributed by atoms with E-state index in [0.717, 1.165) is 19.5 Å². The fourth-order valence-corrected chi connectivity index (χ4v) is 3.09. The summed E-state index contributed by atoms with van der Waals surface area (Å²) in [6, 6.07) is 6.72. The second kappa shape index (κ2) is 8.05. The molecule has 0 radical (unpaired) electrons. The molecule has 25 heavy (non-hydrogen) atoms. The number of anilines is 1. The molecule has 3 rings (SSSR count). The molecule has 1 aromatic carbocycles. The number of amides is 1. The van der Waals surface area contributed by atoms with Crippen molar-refractivity contribution >= 4 is 11.7 Å². The summed E-state index contributed by atoms with van der Waals surface area (Å²) in [6.07, 6.45) is 5.83. The van der Waals surface area contributed by atoms with E-state index in [-0.39, 0.29) is 11.7 Å². The van der Waals surface area contributed by atoms with E-state index in [9.17, 15) is 9.18 Å². The maximum atomic E-state index is 13.6. The highest BCUT2D eigenvalue weighted by atomic mass is 19.1. The van der Waals surface area contributed by atoms with Gasteiger partial charge < -0.3 is 10.2 Å². The average molecular weight is 342 g/mol. The highest BCUT2D eigenvalue weighted by molar-refractivity contribution is 5.92. The number of halogens is 1. The van der Waals surface area contributed by atoms with Gasteiger partial charge in [0.2, 0.25) is 0 Å². The van der Waals surface area contributed by atoms with Crippen LogP contribution in [-0.4, -0.2) is 40.4 Å². The first-order valence-corrected chi connectivity index (χ1v) is 8.72. The van der Waals surface area contributed by atoms with Crippen molar-refractivity contribution in [2.75, 3.05) is 25.0 Å². The van der Waals surface area contributed by atoms with Gasteiger partial charge in [0.1, 0.15) is 17.3 Å². The second-order valence-corrected chi connectivity index (χ2v) is 6.55. The first-order valence-electron chi connectivity index (χ1n) is 8.72. The molecule has 2 heterocycles. The Hall–Kier alpha value is -2.50. The minimum atomic E-state index is -0.202. The normalized spacial score (nSPS) is 17.4. The number of nitrogens with zero attached hydrogens (tertiary/aromatic N) is 3. The van der Waals surface area contributed by atoms with Gasteiger partial charge in [0, 0.05) is 19.6 Å². The first-order chi connectivity index (χ1) is 12.1. The zero-order chi connectivity index (χ0) is 17.6. The Morgan fingerprint density at radius 3 is 2.88 bits per heavy atom. The topological polar surface area (TPSA) is 58.1 Å². The number of benzene rings is 1. The molecule has 1 aliphatic heterocycles. The number of hydrogen-bond acceptors (Lipinski definition) is 4. The van der Waals surface area contributed by atoms with Crippen molar-refractivity contribution in [3.63, 3.8) is 0 Å². The van der Waals surface area contributed by atoms with E-state index in [4.69, 9.17) is 0 Å². The molecule has 5 nitrogen and oxygen atoms in total. The van der Waals surface area contributed by atoms with Crippen molar-refractivity contribution in [2.24, 2.45) is 5.92 Å². The lowest BCUT2D eigenvalue weighted by Crippen LogP contribution is -2.39. The monoisotopic (exact) mass is 342 g/mol. The van der Waals surface area contributed by atoms with Crippen LogP contribution in [0.5, 0.6) is 0 Å². The number of rotatable bonds is 5. The van der Waals surface area contributed by atoms with Gasteiger partial charge in [-0.1, -0.05) is 25.1 Å². The molecular weight excluding hydrogens is 319 g/mol. The Morgan fingerprint density at radius 2 is 2.16 bits per heavy atom. The van der Waals surface area contributed by atoms with E-state index >= 15 is 0 Å². The van der Waals surface area contributed by atoms with E-state index in [1.54, 1.807) is 18.3 Å². The lowest BCUT2D eigenvalue weighted by atomic mass is 10.0. The van der Waals surface area contributed by atoms with E-state index in [1.807, 2.05) is 11.0 Å². The van der Waals surface area contributed by atoms with Crippen molar-refractivity contribution in [2.45, 2.75) is 26.2 Å². The number of carbonyl (C=O) groups excluding carboxylic acids is 1. The van der Waals surface area contributed by atoms with Crippen LogP contribution >= 0.6 is 0 Å². The molecule has 1 atom stereocenters. The zero-order valence-electron chi connectivity index (χ0n) is 14.4. The Labute approximate surface area is 147 Å². The van der Waals surface area contributed by atoms with Gasteiger partial charge in [-0.3, -0.25) is 4.79 Å². The van der Waals surface area contributed by atoms with Crippen LogP contribution in [-0.2, 0) is 6.42 Å². The molecule has 1 N–H and O–H groups in total. The third kappa shape index (κ3) is 4.53. The molecular formula is C19H23FN4O. The third-order valence-electron chi connectivity index (χ3n) is 4.47. The molecule has 1 unspecified atom stereocenters. The van der Waals surface area contributed by atoms with Gasteiger partial charge in [-0.2, -0.15) is 0 Å². The number of piperidine rings is 1. The highest BCUT2D eigenvalue weighted by Crippen LogP contribution is 2.17. The molecule has 1 aliphatic rings. The number of carbonyl (C=O) groups is 1. The molecule has 2 aromatic rings. The molecule has 6 heteroatoms. The van der Waals surface area contributed by atoms with Gasteiger partial charge >= 0.3 is 0 Å². The first kappa shape index (κ1) is 17.3. The molecule has 1 amide bonds. The summed E-state index contributed by atoms with van der Waals surface area (Å²) >= 11 is 0. The van der Waals surface area contributed by atoms with Gasteiger partial charge in [0.15, 0.2) is 0 Å². The van der Waals surface area contributed by atoms with Crippen LogP contribution in [0.15, 0.2) is 36.7 Å². The minimum Gasteiger partial charge on any atom is -0.368 e. The summed E-state index contributed by atoms with van der Waals surface area (Å²) in [5.74, 6) is 0.855. The van der Waals surface area contributed by atoms with Crippen LogP contribution in [0.3, 0.4) is 0 Å². The van der Waals surface area contributed by atoms with Crippen LogP contribution in [0.25, 0.3) is 0 Å². The Morgan fingerprint density at radius 1 is 1.32 bits per heavy atom. The van der Waals surface area contributed by atoms with E-state index < -0.39 is 0 Å². The van der Waals surface area contributed by atoms with Gasteiger partial charge in [-0.25, -0.2) is 14.4 Å². The molecule has 1 aromatic heterocycles. The molecule has 0 aliphatic carbocycles. The quantitative estimate of drug-likeness (QED) is 0.907. The number of likely N-dealkylation sites (tertiary alicyclic amines) is 1. The lowest BCUT2D eigenvalue weighted by Gasteiger charge is -2.30. The molecule has 0 spiro atoms. The predicted molar refractivity (Wildman–Crippen MR) is 94.9 cm³/mol. The fourth-order valence-electron chi connectivity index (χ4n) is 3.09. The summed E-state index contributed by atoms with van der Waals surface area (Å²) in [7, 11) is 0. The molecule has 1 saturated heterocycles. The van der Waals surface area contributed by atoms with E-state index in [1.165, 1.54) is 18.7 Å². The average Bonchev–Trinajstić information content (AvgIpc) is 2.63. The Balaban J connectivity index is 1.53. The molecule has 0 bridgehead atoms. The Bertz CT molecular complexity index is 720. The zero-order valence-corrected chi connectivity index (χ0v) is 14.4. The van der Waals surface area contributed by atoms with Gasteiger partial charge in [-0.15, -0.1) is 0 Å². The minimum absolute atomic E-state index is 0.0584. The van der Waals surface area contributed by atoms with Crippen LogP contribution in [0, 0.1) is 11.7 Å². The van der Waals surface area contributed by atoms with Gasteiger partial charge in [-0.05, 0) is 36.8 Å². The fraction of sp³-hybridized carbons (Fsp3) is 0.421. The van der Waals surface area contributed by atoms with Crippen LogP contribution < -0.4 is 5.32 Å². The van der Waals surface area contributed by atoms with Crippen molar-refractivity contribution in [1.29, 1.82) is 0 Å². The summed E-state index contributed by atoms with van der Waals surface area (Å²) < 4.78 is 13.6. The Kier molecular flexibility index (Phi) is 5.58. The van der Waals surface area contributed by atoms with Crippen molar-refractivity contribution in [3.05, 3.63) is 53.7 Å². The van der Waals surface area contributed by atoms with Crippen LogP contribution in [0.1, 0.15) is 35.8 Å². The van der Waals surface area contributed by atoms with E-state index in [0.29, 0.717) is 36.0 Å². The van der Waals surface area contributed by atoms with Gasteiger partial charge in [0.05, 0.1) is 12.4 Å². The van der Waals surface area contributed by atoms with E-state index in [2.05, 4.69) is 22.2 Å². The molecule has 1 fully saturated rings. The second-order valence-electron chi connectivity index (χ2n) is 6.55. The smallest absolute Gasteiger partial charge is 0.274 e. The number of aromatic nitrogens is 2. The van der Waals surface area contributed by atoms with Crippen LogP contribution in [0.2, 0.25) is 0 Å². The van der Waals surface area contributed by atoms with Crippen LogP contribution in [0.4, 0.5) is 10.2 Å². The van der Waals surface area contributed by atoms with Gasteiger partial charge in [0.25, 0.3) is 5.91 Å². The summed E-state index contributed by atoms with van der Waals surface area (Å²) in [5.41, 5.74) is 1.03.